The van der Waals surface area contributed by atoms with Gasteiger partial charge in [-0.1, -0.05) is 47.5 Å². The van der Waals surface area contributed by atoms with Crippen LogP contribution in [0.2, 0.25) is 0 Å². The van der Waals surface area contributed by atoms with E-state index >= 15 is 0 Å². The third-order valence-electron chi connectivity index (χ3n) is 2.86. The minimum Gasteiger partial charge on any atom is -0.379 e. The maximum Gasteiger partial charge on any atom is 0.220 e. The van der Waals surface area contributed by atoms with E-state index in [-0.39, 0.29) is 5.91 Å². The molecule has 1 aliphatic heterocycles. The van der Waals surface area contributed by atoms with Crippen LogP contribution in [0.5, 0.6) is 0 Å². The van der Waals surface area contributed by atoms with Gasteiger partial charge in [-0.25, -0.2) is 0 Å². The number of amides is 1. The fourth-order valence-corrected chi connectivity index (χ4v) is 1.80. The maximum absolute atomic E-state index is 11.4. The molecule has 0 aromatic heterocycles. The summed E-state index contributed by atoms with van der Waals surface area (Å²) in [5.74, 6) is 0.196. The summed E-state index contributed by atoms with van der Waals surface area (Å²) in [5, 5.41) is 2.97. The predicted octanol–water partition coefficient (Wildman–Crippen LogP) is 3.07. The number of ether oxygens (including phenoxy) is 1. The average molecular weight is 288 g/mol. The average Bonchev–Trinajstić information content (AvgIpc) is 2.53. The van der Waals surface area contributed by atoms with Crippen molar-refractivity contribution in [3.05, 3.63) is 0 Å². The molecule has 0 bridgehead atoms. The molecule has 4 heteroatoms. The Labute approximate surface area is 126 Å². The van der Waals surface area contributed by atoms with Crippen molar-refractivity contribution >= 4 is 5.91 Å². The zero-order valence-electron chi connectivity index (χ0n) is 14.3. The highest BCUT2D eigenvalue weighted by Gasteiger charge is 2.09. The normalized spacial score (nSPS) is 14.4. The molecule has 1 N–H and O–H groups in total. The maximum atomic E-state index is 11.4. The summed E-state index contributed by atoms with van der Waals surface area (Å²) in [5.41, 5.74) is 0. The predicted molar refractivity (Wildman–Crippen MR) is 87.1 cm³/mol. The molecule has 1 fully saturated rings. The smallest absolute Gasteiger partial charge is 0.220 e. The van der Waals surface area contributed by atoms with E-state index in [1.807, 2.05) is 27.7 Å². The Morgan fingerprint density at radius 2 is 1.70 bits per heavy atom. The summed E-state index contributed by atoms with van der Waals surface area (Å²) in [6.45, 7) is 15.5. The van der Waals surface area contributed by atoms with Crippen LogP contribution in [0.25, 0.3) is 0 Å². The number of unbranched alkanes of at least 4 members (excludes halogenated alkanes) is 2. The van der Waals surface area contributed by atoms with Crippen LogP contribution in [-0.4, -0.2) is 50.2 Å². The molecule has 0 unspecified atom stereocenters. The van der Waals surface area contributed by atoms with Gasteiger partial charge in [-0.15, -0.1) is 0 Å². The number of rotatable bonds is 7. The summed E-state index contributed by atoms with van der Waals surface area (Å²) < 4.78 is 5.26. The second-order valence-corrected chi connectivity index (χ2v) is 4.26. The molecule has 1 heterocycles. The molecule has 1 amide bonds. The number of carbonyl (C=O) groups excluding carboxylic acids is 1. The Bertz CT molecular complexity index is 193. The highest BCUT2D eigenvalue weighted by Crippen LogP contribution is 1.98. The third kappa shape index (κ3) is 13.8. The Hall–Kier alpha value is -0.610. The summed E-state index contributed by atoms with van der Waals surface area (Å²) in [6, 6.07) is 0. The molecule has 0 aromatic carbocycles. The number of hydrogen-bond acceptors (Lipinski definition) is 3. The van der Waals surface area contributed by atoms with Crippen LogP contribution < -0.4 is 5.32 Å². The lowest BCUT2D eigenvalue weighted by molar-refractivity contribution is -0.121. The van der Waals surface area contributed by atoms with E-state index in [4.69, 9.17) is 4.74 Å². The zero-order valence-corrected chi connectivity index (χ0v) is 14.3. The van der Waals surface area contributed by atoms with E-state index in [2.05, 4.69) is 17.1 Å². The topological polar surface area (TPSA) is 41.6 Å². The molecule has 0 radical (unpaired) electrons. The number of carbonyl (C=O) groups is 1. The third-order valence-corrected chi connectivity index (χ3v) is 2.86. The molecule has 20 heavy (non-hydrogen) atoms. The minimum atomic E-state index is 0.196. The first-order valence-corrected chi connectivity index (χ1v) is 8.39. The van der Waals surface area contributed by atoms with Crippen molar-refractivity contribution in [2.75, 3.05) is 39.4 Å². The van der Waals surface area contributed by atoms with Crippen LogP contribution in [0.1, 0.15) is 60.3 Å². The Morgan fingerprint density at radius 3 is 2.25 bits per heavy atom. The quantitative estimate of drug-likeness (QED) is 0.732. The Morgan fingerprint density at radius 1 is 1.10 bits per heavy atom. The van der Waals surface area contributed by atoms with E-state index in [0.717, 1.165) is 52.2 Å². The van der Waals surface area contributed by atoms with Gasteiger partial charge in [-0.05, 0) is 6.42 Å². The van der Waals surface area contributed by atoms with Gasteiger partial charge < -0.3 is 10.1 Å². The van der Waals surface area contributed by atoms with E-state index < -0.39 is 0 Å². The van der Waals surface area contributed by atoms with E-state index in [1.54, 1.807) is 0 Å². The lowest BCUT2D eigenvalue weighted by atomic mass is 10.2. The fraction of sp³-hybridized carbons (Fsp3) is 0.938. The van der Waals surface area contributed by atoms with Gasteiger partial charge >= 0.3 is 0 Å². The van der Waals surface area contributed by atoms with Crippen LogP contribution in [0.15, 0.2) is 0 Å². The monoisotopic (exact) mass is 288 g/mol. The molecule has 0 spiro atoms. The molecule has 0 aromatic rings. The van der Waals surface area contributed by atoms with Crippen molar-refractivity contribution in [3.8, 4) is 0 Å². The second kappa shape index (κ2) is 18.4. The number of nitrogens with zero attached hydrogens (tertiary/aromatic N) is 1. The van der Waals surface area contributed by atoms with Gasteiger partial charge in [0.05, 0.1) is 13.2 Å². The fourth-order valence-electron chi connectivity index (χ4n) is 1.80. The standard InChI is InChI=1S/C12H24N2O2.2C2H6/c1-2-3-4-5-12(15)13-6-7-14-8-10-16-11-9-14;2*1-2/h2-11H2,1H3,(H,13,15);2*1-2H3. The van der Waals surface area contributed by atoms with Gasteiger partial charge in [0.25, 0.3) is 0 Å². The number of hydrogen-bond donors (Lipinski definition) is 1. The van der Waals surface area contributed by atoms with Crippen LogP contribution in [-0.2, 0) is 9.53 Å². The first kappa shape index (κ1) is 21.7. The molecule has 1 rings (SSSR count). The first-order valence-electron chi connectivity index (χ1n) is 8.39. The van der Waals surface area contributed by atoms with Crippen molar-refractivity contribution in [1.82, 2.24) is 10.2 Å². The largest absolute Gasteiger partial charge is 0.379 e. The number of nitrogens with one attached hydrogen (secondary N) is 1. The Kier molecular flexibility index (Phi) is 19.9. The van der Waals surface area contributed by atoms with E-state index in [0.29, 0.717) is 6.42 Å². The summed E-state index contributed by atoms with van der Waals surface area (Å²) >= 11 is 0. The highest BCUT2D eigenvalue weighted by molar-refractivity contribution is 5.75. The molecule has 0 aliphatic carbocycles. The molecule has 1 aliphatic rings. The van der Waals surface area contributed by atoms with Gasteiger partial charge in [0, 0.05) is 32.6 Å². The van der Waals surface area contributed by atoms with Gasteiger partial charge in [-0.2, -0.15) is 0 Å². The van der Waals surface area contributed by atoms with Crippen LogP contribution in [0.3, 0.4) is 0 Å². The van der Waals surface area contributed by atoms with Crippen LogP contribution >= 0.6 is 0 Å². The van der Waals surface area contributed by atoms with Crippen molar-refractivity contribution in [1.29, 1.82) is 0 Å². The lowest BCUT2D eigenvalue weighted by Gasteiger charge is -2.26. The minimum absolute atomic E-state index is 0.196. The van der Waals surface area contributed by atoms with Gasteiger partial charge in [0.15, 0.2) is 0 Å². The summed E-state index contributed by atoms with van der Waals surface area (Å²) in [6.07, 6.45) is 4.01. The van der Waals surface area contributed by atoms with Gasteiger partial charge in [-0.3, -0.25) is 9.69 Å². The highest BCUT2D eigenvalue weighted by atomic mass is 16.5. The van der Waals surface area contributed by atoms with E-state index in [9.17, 15) is 4.79 Å². The van der Waals surface area contributed by atoms with E-state index in [1.165, 1.54) is 6.42 Å². The number of morpholine rings is 1. The molecule has 0 saturated carbocycles. The van der Waals surface area contributed by atoms with Gasteiger partial charge in [0.2, 0.25) is 5.91 Å². The van der Waals surface area contributed by atoms with Crippen molar-refractivity contribution in [2.45, 2.75) is 60.3 Å². The summed E-state index contributed by atoms with van der Waals surface area (Å²) in [7, 11) is 0. The lowest BCUT2D eigenvalue weighted by Crippen LogP contribution is -2.41. The van der Waals surface area contributed by atoms with Gasteiger partial charge in [0.1, 0.15) is 0 Å². The SMILES string of the molecule is CC.CC.CCCCCC(=O)NCCN1CCOCC1. The van der Waals surface area contributed by atoms with Crippen LogP contribution in [0.4, 0.5) is 0 Å². The molecule has 4 nitrogen and oxygen atoms in total. The molecular weight excluding hydrogens is 252 g/mol. The Balaban J connectivity index is 0. The van der Waals surface area contributed by atoms with Crippen molar-refractivity contribution in [2.24, 2.45) is 0 Å². The zero-order chi connectivity index (χ0) is 15.6. The molecule has 0 atom stereocenters. The molecular formula is C16H36N2O2. The van der Waals surface area contributed by atoms with Crippen molar-refractivity contribution < 1.29 is 9.53 Å². The molecule has 122 valence electrons. The van der Waals surface area contributed by atoms with Crippen LogP contribution in [0, 0.1) is 0 Å². The molecule has 1 saturated heterocycles. The first-order chi connectivity index (χ1) is 9.83. The van der Waals surface area contributed by atoms with Crippen molar-refractivity contribution in [3.63, 3.8) is 0 Å². The second-order valence-electron chi connectivity index (χ2n) is 4.26. The summed E-state index contributed by atoms with van der Waals surface area (Å²) in [4.78, 5) is 13.7.